The zero-order chi connectivity index (χ0) is 6.41. The summed E-state index contributed by atoms with van der Waals surface area (Å²) in [5, 5.41) is 7.85. The van der Waals surface area contributed by atoms with Crippen molar-refractivity contribution >= 4 is 0 Å². The van der Waals surface area contributed by atoms with Gasteiger partial charge in [0.1, 0.15) is 6.26 Å². The largest absolute Gasteiger partial charge is 0.348 e. The van der Waals surface area contributed by atoms with E-state index in [4.69, 9.17) is 5.26 Å². The van der Waals surface area contributed by atoms with Crippen molar-refractivity contribution in [3.8, 4) is 0 Å². The molecule has 8 heavy (non-hydrogen) atoms. The summed E-state index contributed by atoms with van der Waals surface area (Å²) in [4.78, 5) is 3.74. The minimum Gasteiger partial charge on any atom is -0.348 e. The Morgan fingerprint density at radius 1 is 1.62 bits per heavy atom. The topological polar surface area (TPSA) is 29.5 Å². The second-order valence-electron chi connectivity index (χ2n) is 1.47. The molecule has 0 unspecified atom stereocenters. The molecule has 0 aromatic carbocycles. The van der Waals surface area contributed by atoms with Crippen LogP contribution in [-0.2, 0) is 4.89 Å². The second kappa shape index (κ2) is 4.40. The van der Waals surface area contributed by atoms with E-state index in [2.05, 4.69) is 4.89 Å². The Labute approximate surface area is 49.0 Å². The standard InChI is InChI=1S/C6H10O2/c1-3-4-6(2)5-8-7/h3-5,7H,1-2H3/b4-3-,6-5-. The third-order valence-corrected chi connectivity index (χ3v) is 0.668. The highest BCUT2D eigenvalue weighted by Crippen LogP contribution is 1.92. The highest BCUT2D eigenvalue weighted by atomic mass is 17.1. The summed E-state index contributed by atoms with van der Waals surface area (Å²) in [7, 11) is 0. The van der Waals surface area contributed by atoms with Crippen molar-refractivity contribution in [2.75, 3.05) is 0 Å². The van der Waals surface area contributed by atoms with Crippen LogP contribution in [0.4, 0.5) is 0 Å². The predicted octanol–water partition coefficient (Wildman–Crippen LogP) is 1.96. The number of rotatable bonds is 2. The van der Waals surface area contributed by atoms with Gasteiger partial charge in [0.2, 0.25) is 0 Å². The molecule has 0 aromatic rings. The first kappa shape index (κ1) is 7.24. The predicted molar refractivity (Wildman–Crippen MR) is 32.3 cm³/mol. The molecule has 0 heterocycles. The molecule has 0 atom stereocenters. The van der Waals surface area contributed by atoms with Crippen LogP contribution in [0.15, 0.2) is 24.0 Å². The highest BCUT2D eigenvalue weighted by Gasteiger charge is 1.76. The van der Waals surface area contributed by atoms with Gasteiger partial charge in [-0.1, -0.05) is 12.2 Å². The maximum Gasteiger partial charge on any atom is 0.132 e. The molecule has 0 aliphatic rings. The molecule has 1 N–H and O–H groups in total. The molecule has 0 aliphatic carbocycles. The fourth-order valence-electron chi connectivity index (χ4n) is 0.385. The lowest BCUT2D eigenvalue weighted by Gasteiger charge is -1.85. The summed E-state index contributed by atoms with van der Waals surface area (Å²) >= 11 is 0. The molecular formula is C6H10O2. The van der Waals surface area contributed by atoms with E-state index in [1.165, 1.54) is 6.26 Å². The quantitative estimate of drug-likeness (QED) is 0.257. The van der Waals surface area contributed by atoms with Crippen molar-refractivity contribution in [3.63, 3.8) is 0 Å². The summed E-state index contributed by atoms with van der Waals surface area (Å²) in [5.74, 6) is 0. The van der Waals surface area contributed by atoms with Gasteiger partial charge < -0.3 is 4.89 Å². The van der Waals surface area contributed by atoms with E-state index in [9.17, 15) is 0 Å². The molecule has 0 saturated heterocycles. The summed E-state index contributed by atoms with van der Waals surface area (Å²) in [6.07, 6.45) is 4.96. The fraction of sp³-hybridized carbons (Fsp3) is 0.333. The summed E-state index contributed by atoms with van der Waals surface area (Å²) in [6, 6.07) is 0. The van der Waals surface area contributed by atoms with Crippen LogP contribution in [-0.4, -0.2) is 5.26 Å². The first-order valence-corrected chi connectivity index (χ1v) is 2.41. The van der Waals surface area contributed by atoms with Gasteiger partial charge in [-0.15, -0.1) is 0 Å². The van der Waals surface area contributed by atoms with Crippen molar-refractivity contribution in [1.29, 1.82) is 0 Å². The van der Waals surface area contributed by atoms with Gasteiger partial charge in [-0.2, -0.15) is 0 Å². The van der Waals surface area contributed by atoms with Crippen molar-refractivity contribution in [2.24, 2.45) is 0 Å². The number of hydrogen-bond donors (Lipinski definition) is 1. The molecule has 2 heteroatoms. The minimum absolute atomic E-state index is 0.884. The Hall–Kier alpha value is -0.760. The van der Waals surface area contributed by atoms with Crippen LogP contribution in [0.2, 0.25) is 0 Å². The van der Waals surface area contributed by atoms with Gasteiger partial charge in [-0.05, 0) is 19.4 Å². The van der Waals surface area contributed by atoms with Gasteiger partial charge in [-0.3, -0.25) is 0 Å². The maximum absolute atomic E-state index is 7.85. The number of allylic oxidation sites excluding steroid dienone is 3. The van der Waals surface area contributed by atoms with Gasteiger partial charge in [0.25, 0.3) is 0 Å². The molecule has 2 nitrogen and oxygen atoms in total. The number of hydrogen-bond acceptors (Lipinski definition) is 2. The Balaban J connectivity index is 3.61. The molecule has 0 aromatic heterocycles. The van der Waals surface area contributed by atoms with E-state index in [1.807, 2.05) is 26.0 Å². The molecule has 0 aliphatic heterocycles. The van der Waals surface area contributed by atoms with E-state index in [1.54, 1.807) is 0 Å². The van der Waals surface area contributed by atoms with Crippen LogP contribution in [0, 0.1) is 0 Å². The van der Waals surface area contributed by atoms with E-state index in [0.29, 0.717) is 0 Å². The zero-order valence-electron chi connectivity index (χ0n) is 5.09. The highest BCUT2D eigenvalue weighted by molar-refractivity contribution is 5.11. The average Bonchev–Trinajstić information content (AvgIpc) is 1.68. The van der Waals surface area contributed by atoms with Crippen LogP contribution in [0.5, 0.6) is 0 Å². The zero-order valence-corrected chi connectivity index (χ0v) is 5.09. The van der Waals surface area contributed by atoms with E-state index >= 15 is 0 Å². The minimum atomic E-state index is 0.884. The van der Waals surface area contributed by atoms with Gasteiger partial charge >= 0.3 is 0 Å². The van der Waals surface area contributed by atoms with E-state index in [0.717, 1.165) is 5.57 Å². The van der Waals surface area contributed by atoms with Crippen molar-refractivity contribution in [2.45, 2.75) is 13.8 Å². The van der Waals surface area contributed by atoms with Crippen molar-refractivity contribution < 1.29 is 10.1 Å². The van der Waals surface area contributed by atoms with Gasteiger partial charge in [-0.25, -0.2) is 5.26 Å². The first-order chi connectivity index (χ1) is 3.81. The monoisotopic (exact) mass is 114 g/mol. The van der Waals surface area contributed by atoms with Gasteiger partial charge in [0.05, 0.1) is 0 Å². The maximum atomic E-state index is 7.85. The van der Waals surface area contributed by atoms with Crippen molar-refractivity contribution in [3.05, 3.63) is 24.0 Å². The van der Waals surface area contributed by atoms with E-state index in [-0.39, 0.29) is 0 Å². The van der Waals surface area contributed by atoms with Crippen LogP contribution < -0.4 is 0 Å². The third kappa shape index (κ3) is 3.43. The molecule has 46 valence electrons. The Morgan fingerprint density at radius 3 is 2.62 bits per heavy atom. The molecule has 0 rings (SSSR count). The van der Waals surface area contributed by atoms with Crippen LogP contribution in [0.1, 0.15) is 13.8 Å². The van der Waals surface area contributed by atoms with Crippen LogP contribution in [0.3, 0.4) is 0 Å². The first-order valence-electron chi connectivity index (χ1n) is 2.41. The smallest absolute Gasteiger partial charge is 0.132 e. The average molecular weight is 114 g/mol. The molecule has 0 bridgehead atoms. The van der Waals surface area contributed by atoms with Crippen LogP contribution in [0.25, 0.3) is 0 Å². The van der Waals surface area contributed by atoms with Crippen molar-refractivity contribution in [1.82, 2.24) is 0 Å². The summed E-state index contributed by atoms with van der Waals surface area (Å²) in [6.45, 7) is 3.73. The summed E-state index contributed by atoms with van der Waals surface area (Å²) < 4.78 is 0. The lowest BCUT2D eigenvalue weighted by Crippen LogP contribution is -1.70. The molecule has 0 fully saturated rings. The lowest BCUT2D eigenvalue weighted by molar-refractivity contribution is -0.187. The van der Waals surface area contributed by atoms with Crippen LogP contribution >= 0.6 is 0 Å². The van der Waals surface area contributed by atoms with Gasteiger partial charge in [0, 0.05) is 0 Å². The molecule has 0 amide bonds. The van der Waals surface area contributed by atoms with Gasteiger partial charge in [0.15, 0.2) is 0 Å². The Kier molecular flexibility index (Phi) is 3.98. The second-order valence-corrected chi connectivity index (χ2v) is 1.47. The molecule has 0 radical (unpaired) electrons. The Bertz CT molecular complexity index is 103. The summed E-state index contributed by atoms with van der Waals surface area (Å²) in [5.41, 5.74) is 0.884. The molecule has 0 saturated carbocycles. The Morgan fingerprint density at radius 2 is 2.25 bits per heavy atom. The molecule has 0 spiro atoms. The normalized spacial score (nSPS) is 12.6. The SMILES string of the molecule is C/C=C\C(C)=C/OO. The fourth-order valence-corrected chi connectivity index (χ4v) is 0.385. The lowest BCUT2D eigenvalue weighted by atomic mass is 10.3. The third-order valence-electron chi connectivity index (χ3n) is 0.668. The van der Waals surface area contributed by atoms with E-state index < -0.39 is 0 Å². The molecular weight excluding hydrogens is 104 g/mol.